The van der Waals surface area contributed by atoms with Gasteiger partial charge in [-0.2, -0.15) is 0 Å². The summed E-state index contributed by atoms with van der Waals surface area (Å²) in [5.41, 5.74) is 0. The third kappa shape index (κ3) is 43.1. The first-order chi connectivity index (χ1) is 30.1. The number of hydrogen-bond acceptors (Lipinski definition) is 6. The first-order valence-corrected chi connectivity index (χ1v) is 26.4. The lowest BCUT2D eigenvalue weighted by Crippen LogP contribution is -2.50. The average molecular weight is 877 g/mol. The number of carbonyl (C=O) groups is 3. The normalized spacial score (nSPS) is 13.0. The van der Waals surface area contributed by atoms with E-state index in [4.69, 9.17) is 14.2 Å². The minimum Gasteiger partial charge on any atom is -0.477 e. The maximum atomic E-state index is 12.8. The molecule has 0 spiro atoms. The molecule has 0 bridgehead atoms. The predicted octanol–water partition coefficient (Wildman–Crippen LogP) is 15.2. The SMILES string of the molecule is CCCCCC/C=C/CCCCCCCCCC(=O)OC(COCCC(C(=O)O)[N+](C)(C)C)COC(=O)CCCCCCCCC/C=C/CCCCCCCCCCCCCC. The number of carbonyl (C=O) groups excluding carboxylic acids is 2. The maximum absolute atomic E-state index is 12.8. The molecule has 62 heavy (non-hydrogen) atoms. The molecule has 364 valence electrons. The van der Waals surface area contributed by atoms with Crippen LogP contribution in [0.1, 0.15) is 251 Å². The van der Waals surface area contributed by atoms with Crippen molar-refractivity contribution in [3.05, 3.63) is 24.3 Å². The highest BCUT2D eigenvalue weighted by molar-refractivity contribution is 5.72. The molecule has 0 rings (SSSR count). The Bertz CT molecular complexity index is 1070. The van der Waals surface area contributed by atoms with Crippen LogP contribution in [0.2, 0.25) is 0 Å². The van der Waals surface area contributed by atoms with E-state index in [0.29, 0.717) is 19.3 Å². The summed E-state index contributed by atoms with van der Waals surface area (Å²) in [5, 5.41) is 9.65. The van der Waals surface area contributed by atoms with Crippen LogP contribution >= 0.6 is 0 Å². The van der Waals surface area contributed by atoms with Gasteiger partial charge in [0.15, 0.2) is 12.1 Å². The second kappa shape index (κ2) is 45.4. The molecule has 0 fully saturated rings. The van der Waals surface area contributed by atoms with Crippen LogP contribution in [0.5, 0.6) is 0 Å². The number of aliphatic carboxylic acids is 1. The summed E-state index contributed by atoms with van der Waals surface area (Å²) in [5.74, 6) is -1.46. The van der Waals surface area contributed by atoms with Crippen LogP contribution in [0.4, 0.5) is 0 Å². The Balaban J connectivity index is 4.18. The number of nitrogens with zero attached hydrogens (tertiary/aromatic N) is 1. The van der Waals surface area contributed by atoms with Crippen molar-refractivity contribution in [1.29, 1.82) is 0 Å². The number of allylic oxidation sites excluding steroid dienone is 4. The van der Waals surface area contributed by atoms with E-state index in [1.807, 2.05) is 21.1 Å². The van der Waals surface area contributed by atoms with Crippen LogP contribution < -0.4 is 0 Å². The molecule has 2 unspecified atom stereocenters. The van der Waals surface area contributed by atoms with Crippen molar-refractivity contribution in [1.82, 2.24) is 0 Å². The van der Waals surface area contributed by atoms with Gasteiger partial charge in [0.25, 0.3) is 0 Å². The number of rotatable bonds is 48. The van der Waals surface area contributed by atoms with Gasteiger partial charge in [-0.05, 0) is 64.2 Å². The van der Waals surface area contributed by atoms with Gasteiger partial charge in [-0.15, -0.1) is 0 Å². The zero-order valence-electron chi connectivity index (χ0n) is 41.6. The number of carboxylic acid groups (broad SMARTS) is 1. The van der Waals surface area contributed by atoms with Crippen LogP contribution in [0.15, 0.2) is 24.3 Å². The molecule has 0 aliphatic carbocycles. The van der Waals surface area contributed by atoms with Crippen molar-refractivity contribution < 1.29 is 38.2 Å². The molecule has 0 aromatic rings. The molecule has 0 aliphatic rings. The van der Waals surface area contributed by atoms with E-state index in [9.17, 15) is 19.5 Å². The molecule has 8 nitrogen and oxygen atoms in total. The fourth-order valence-electron chi connectivity index (χ4n) is 7.97. The molecule has 2 atom stereocenters. The summed E-state index contributed by atoms with van der Waals surface area (Å²) < 4.78 is 17.4. The van der Waals surface area contributed by atoms with Crippen LogP contribution in [0, 0.1) is 0 Å². The van der Waals surface area contributed by atoms with E-state index in [-0.39, 0.29) is 36.2 Å². The summed E-state index contributed by atoms with van der Waals surface area (Å²) in [6.45, 7) is 4.75. The van der Waals surface area contributed by atoms with Crippen molar-refractivity contribution >= 4 is 17.9 Å². The van der Waals surface area contributed by atoms with Crippen molar-refractivity contribution in [3.8, 4) is 0 Å². The molecule has 0 heterocycles. The minimum absolute atomic E-state index is 0.0515. The van der Waals surface area contributed by atoms with Crippen molar-refractivity contribution in [2.45, 2.75) is 264 Å². The lowest BCUT2D eigenvalue weighted by atomic mass is 10.0. The van der Waals surface area contributed by atoms with E-state index in [1.54, 1.807) is 0 Å². The van der Waals surface area contributed by atoms with E-state index >= 15 is 0 Å². The fraction of sp³-hybridized carbons (Fsp3) is 0.870. The monoisotopic (exact) mass is 877 g/mol. The van der Waals surface area contributed by atoms with Crippen LogP contribution in [0.25, 0.3) is 0 Å². The van der Waals surface area contributed by atoms with Gasteiger partial charge in [0.2, 0.25) is 0 Å². The maximum Gasteiger partial charge on any atom is 0.362 e. The third-order valence-corrected chi connectivity index (χ3v) is 12.1. The van der Waals surface area contributed by atoms with E-state index < -0.39 is 18.1 Å². The van der Waals surface area contributed by atoms with Crippen LogP contribution in [-0.2, 0) is 28.6 Å². The van der Waals surface area contributed by atoms with Crippen LogP contribution in [-0.4, -0.2) is 80.6 Å². The molecule has 1 N–H and O–H groups in total. The molecule has 0 amide bonds. The van der Waals surface area contributed by atoms with Crippen molar-refractivity contribution in [2.75, 3.05) is 41.0 Å². The quantitative estimate of drug-likeness (QED) is 0.0281. The Kier molecular flexibility index (Phi) is 43.8. The summed E-state index contributed by atoms with van der Waals surface area (Å²) in [6.07, 6.45) is 52.3. The molecule has 0 aromatic carbocycles. The predicted molar refractivity (Wildman–Crippen MR) is 262 cm³/mol. The topological polar surface area (TPSA) is 99.1 Å². The zero-order chi connectivity index (χ0) is 45.6. The molecular weight excluding hydrogens is 775 g/mol. The summed E-state index contributed by atoms with van der Waals surface area (Å²) in [6, 6.07) is -0.614. The Labute approximate surface area is 383 Å². The van der Waals surface area contributed by atoms with E-state index in [0.717, 1.165) is 38.5 Å². The van der Waals surface area contributed by atoms with Gasteiger partial charge >= 0.3 is 17.9 Å². The number of unbranched alkanes of at least 4 members (excludes halogenated alkanes) is 30. The van der Waals surface area contributed by atoms with E-state index in [1.165, 1.54) is 180 Å². The number of likely N-dealkylation sites (N-methyl/N-ethyl adjacent to an activating group) is 1. The largest absolute Gasteiger partial charge is 0.477 e. The standard InChI is InChI=1S/C54H101NO7/c1-6-8-10-12-14-16-18-20-22-23-24-25-26-27-28-29-31-32-34-36-38-40-42-44-52(56)61-49-50(48-60-47-46-51(54(58)59)55(3,4)5)62-53(57)45-43-41-39-37-35-33-30-21-19-17-15-13-11-9-7-2/h17,19,27-28,50-51H,6-16,18,20-26,29-49H2,1-5H3/p+1/b19-17+,28-27+. The highest BCUT2D eigenvalue weighted by Gasteiger charge is 2.31. The number of carboxylic acids is 1. The molecule has 0 radical (unpaired) electrons. The fourth-order valence-corrected chi connectivity index (χ4v) is 7.97. The first-order valence-electron chi connectivity index (χ1n) is 26.4. The molecule has 0 saturated carbocycles. The Morgan fingerprint density at radius 1 is 0.468 bits per heavy atom. The lowest BCUT2D eigenvalue weighted by Gasteiger charge is -2.31. The van der Waals surface area contributed by atoms with Gasteiger partial charge in [-0.3, -0.25) is 9.59 Å². The molecule has 8 heteroatoms. The molecule has 0 aromatic heterocycles. The third-order valence-electron chi connectivity index (χ3n) is 12.1. The van der Waals surface area contributed by atoms with Crippen molar-refractivity contribution in [2.24, 2.45) is 0 Å². The molecule has 0 saturated heterocycles. The van der Waals surface area contributed by atoms with E-state index in [2.05, 4.69) is 38.2 Å². The number of ether oxygens (including phenoxy) is 3. The van der Waals surface area contributed by atoms with Gasteiger partial charge in [0.05, 0.1) is 34.4 Å². The number of quaternary nitrogens is 1. The molecular formula is C54H102NO7+. The smallest absolute Gasteiger partial charge is 0.362 e. The second-order valence-electron chi connectivity index (χ2n) is 19.1. The second-order valence-corrected chi connectivity index (χ2v) is 19.1. The van der Waals surface area contributed by atoms with Gasteiger partial charge in [-0.1, -0.05) is 192 Å². The van der Waals surface area contributed by atoms with Crippen LogP contribution in [0.3, 0.4) is 0 Å². The Morgan fingerprint density at radius 3 is 1.18 bits per heavy atom. The summed E-state index contributed by atoms with van der Waals surface area (Å²) in [4.78, 5) is 37.1. The summed E-state index contributed by atoms with van der Waals surface area (Å²) in [7, 11) is 5.54. The highest BCUT2D eigenvalue weighted by atomic mass is 16.6. The van der Waals surface area contributed by atoms with Gasteiger partial charge < -0.3 is 23.8 Å². The van der Waals surface area contributed by atoms with Gasteiger partial charge in [-0.25, -0.2) is 4.79 Å². The van der Waals surface area contributed by atoms with Gasteiger partial charge in [0, 0.05) is 19.3 Å². The lowest BCUT2D eigenvalue weighted by molar-refractivity contribution is -0.887. The summed E-state index contributed by atoms with van der Waals surface area (Å²) >= 11 is 0. The number of hydrogen-bond donors (Lipinski definition) is 1. The minimum atomic E-state index is -0.873. The highest BCUT2D eigenvalue weighted by Crippen LogP contribution is 2.16. The van der Waals surface area contributed by atoms with Crippen molar-refractivity contribution in [3.63, 3.8) is 0 Å². The first kappa shape index (κ1) is 59.8. The molecule has 0 aliphatic heterocycles. The van der Waals surface area contributed by atoms with Gasteiger partial charge in [0.1, 0.15) is 6.61 Å². The Hall–Kier alpha value is -2.19. The Morgan fingerprint density at radius 2 is 0.806 bits per heavy atom. The number of esters is 2. The zero-order valence-corrected chi connectivity index (χ0v) is 41.6. The average Bonchev–Trinajstić information content (AvgIpc) is 3.23.